The molecule has 0 saturated carbocycles. The van der Waals surface area contributed by atoms with Crippen molar-refractivity contribution in [3.8, 4) is 0 Å². The summed E-state index contributed by atoms with van der Waals surface area (Å²) in [6, 6.07) is 0. The molecule has 0 bridgehead atoms. The first-order chi connectivity index (χ1) is 3.81. The van der Waals surface area contributed by atoms with Gasteiger partial charge in [0.15, 0.2) is 0 Å². The molecular formula is C6H10N2. The molecule has 0 aliphatic heterocycles. The van der Waals surface area contributed by atoms with Gasteiger partial charge in [0.25, 0.3) is 0 Å². The molecule has 0 fully saturated rings. The van der Waals surface area contributed by atoms with Crippen LogP contribution >= 0.6 is 0 Å². The molecule has 0 aliphatic rings. The number of nitrogens with two attached hydrogens (primary N) is 1. The number of hydrogen-bond donors (Lipinski definition) is 2. The zero-order valence-electron chi connectivity index (χ0n) is 4.89. The fourth-order valence-corrected chi connectivity index (χ4v) is 0.339. The number of nitrogens with one attached hydrogen (secondary N) is 1. The minimum absolute atomic E-state index is 0.988. The molecule has 0 heterocycles. The Morgan fingerprint density at radius 3 is 2.62 bits per heavy atom. The minimum atomic E-state index is 0.988. The molecule has 0 unspecified atom stereocenters. The van der Waals surface area contributed by atoms with Crippen LogP contribution < -0.4 is 5.73 Å². The van der Waals surface area contributed by atoms with Crippen LogP contribution in [0.3, 0.4) is 0 Å². The summed E-state index contributed by atoms with van der Waals surface area (Å²) in [5, 5.41) is 6.64. The quantitative estimate of drug-likeness (QED) is 0.405. The monoisotopic (exact) mass is 110 g/mol. The van der Waals surface area contributed by atoms with E-state index < -0.39 is 0 Å². The van der Waals surface area contributed by atoms with Gasteiger partial charge in [0.1, 0.15) is 0 Å². The second-order valence-corrected chi connectivity index (χ2v) is 1.44. The van der Waals surface area contributed by atoms with Gasteiger partial charge in [-0.15, -0.1) is 0 Å². The summed E-state index contributed by atoms with van der Waals surface area (Å²) in [6.07, 6.45) is 6.10. The summed E-state index contributed by atoms with van der Waals surface area (Å²) in [7, 11) is 0. The molecule has 3 N–H and O–H groups in total. The lowest BCUT2D eigenvalue weighted by atomic mass is 10.3. The predicted molar refractivity (Wildman–Crippen MR) is 35.9 cm³/mol. The van der Waals surface area contributed by atoms with Gasteiger partial charge in [-0.05, 0) is 30.8 Å². The third-order valence-corrected chi connectivity index (χ3v) is 0.705. The van der Waals surface area contributed by atoms with E-state index in [1.807, 2.05) is 6.92 Å². The second-order valence-electron chi connectivity index (χ2n) is 1.44. The first-order valence-corrected chi connectivity index (χ1v) is 2.37. The molecule has 0 aromatic rings. The third kappa shape index (κ3) is 3.15. The lowest BCUT2D eigenvalue weighted by Crippen LogP contribution is -1.76. The van der Waals surface area contributed by atoms with E-state index in [1.165, 1.54) is 12.4 Å². The number of allylic oxidation sites excluding steroid dienone is 3. The summed E-state index contributed by atoms with van der Waals surface area (Å²) in [6.45, 7) is 1.88. The van der Waals surface area contributed by atoms with Crippen LogP contribution in [0, 0.1) is 5.41 Å². The van der Waals surface area contributed by atoms with Crippen LogP contribution in [-0.4, -0.2) is 6.21 Å². The maximum absolute atomic E-state index is 6.64. The predicted octanol–water partition coefficient (Wildman–Crippen LogP) is 1.05. The molecule has 2 heteroatoms. The molecule has 44 valence electrons. The Bertz CT molecular complexity index is 122. The molecule has 0 saturated heterocycles. The highest BCUT2D eigenvalue weighted by molar-refractivity contribution is 5.69. The smallest absolute Gasteiger partial charge is 0.0180 e. The van der Waals surface area contributed by atoms with Crippen molar-refractivity contribution >= 4 is 6.21 Å². The Hall–Kier alpha value is -1.05. The van der Waals surface area contributed by atoms with Gasteiger partial charge in [0.2, 0.25) is 0 Å². The van der Waals surface area contributed by atoms with Crippen LogP contribution in [0.15, 0.2) is 23.9 Å². The van der Waals surface area contributed by atoms with E-state index in [-0.39, 0.29) is 0 Å². The van der Waals surface area contributed by atoms with E-state index in [0.717, 1.165) is 5.57 Å². The normalized spacial score (nSPS) is 12.4. The van der Waals surface area contributed by atoms with Gasteiger partial charge < -0.3 is 11.1 Å². The Balaban J connectivity index is 3.79. The fourth-order valence-electron chi connectivity index (χ4n) is 0.339. The van der Waals surface area contributed by atoms with Crippen LogP contribution in [0.25, 0.3) is 0 Å². The van der Waals surface area contributed by atoms with E-state index in [4.69, 9.17) is 11.1 Å². The average Bonchev–Trinajstić information content (AvgIpc) is 1.68. The molecule has 0 aliphatic carbocycles. The van der Waals surface area contributed by atoms with Gasteiger partial charge in [-0.1, -0.05) is 0 Å². The molecule has 0 atom stereocenters. The second kappa shape index (κ2) is 4.12. The molecule has 0 aromatic heterocycles. The van der Waals surface area contributed by atoms with Crippen molar-refractivity contribution in [3.63, 3.8) is 0 Å². The lowest BCUT2D eigenvalue weighted by molar-refractivity contribution is 1.48. The molecule has 8 heavy (non-hydrogen) atoms. The van der Waals surface area contributed by atoms with Crippen LogP contribution in [0.4, 0.5) is 0 Å². The average molecular weight is 110 g/mol. The van der Waals surface area contributed by atoms with E-state index in [0.29, 0.717) is 0 Å². The van der Waals surface area contributed by atoms with Gasteiger partial charge in [0.05, 0.1) is 0 Å². The zero-order chi connectivity index (χ0) is 6.41. The lowest BCUT2D eigenvalue weighted by Gasteiger charge is -1.82. The van der Waals surface area contributed by atoms with Crippen molar-refractivity contribution in [2.75, 3.05) is 0 Å². The molecule has 0 spiro atoms. The van der Waals surface area contributed by atoms with Crippen LogP contribution in [-0.2, 0) is 0 Å². The summed E-state index contributed by atoms with van der Waals surface area (Å²) in [5.41, 5.74) is 6.05. The summed E-state index contributed by atoms with van der Waals surface area (Å²) >= 11 is 0. The van der Waals surface area contributed by atoms with Gasteiger partial charge in [0, 0.05) is 6.21 Å². The maximum atomic E-state index is 6.64. The van der Waals surface area contributed by atoms with Crippen LogP contribution in [0.1, 0.15) is 6.92 Å². The molecule has 0 aromatic carbocycles. The van der Waals surface area contributed by atoms with Crippen molar-refractivity contribution in [2.45, 2.75) is 6.92 Å². The van der Waals surface area contributed by atoms with Crippen molar-refractivity contribution in [1.82, 2.24) is 0 Å². The number of hydrogen-bond acceptors (Lipinski definition) is 2. The molecule has 0 rings (SSSR count). The van der Waals surface area contributed by atoms with Gasteiger partial charge in [-0.3, -0.25) is 0 Å². The maximum Gasteiger partial charge on any atom is 0.0180 e. The van der Waals surface area contributed by atoms with E-state index in [2.05, 4.69) is 0 Å². The summed E-state index contributed by atoms with van der Waals surface area (Å²) in [4.78, 5) is 0. The number of rotatable bonds is 2. The molecule has 2 nitrogen and oxygen atoms in total. The standard InChI is InChI=1S/C6H10N2/c1-6(2-4-7)3-5-8/h2-5,7H,8H2,1H3/b5-3+,6-2-,7-4?. The third-order valence-electron chi connectivity index (χ3n) is 0.705. The topological polar surface area (TPSA) is 49.9 Å². The molecule has 0 amide bonds. The highest BCUT2D eigenvalue weighted by atomic mass is 14.5. The van der Waals surface area contributed by atoms with Gasteiger partial charge in [-0.2, -0.15) is 0 Å². The van der Waals surface area contributed by atoms with Crippen molar-refractivity contribution in [3.05, 3.63) is 23.9 Å². The Morgan fingerprint density at radius 1 is 1.62 bits per heavy atom. The molecule has 0 radical (unpaired) electrons. The SMILES string of the molecule is CC(=C/C=N)/C=C/N. The largest absolute Gasteiger partial charge is 0.405 e. The Morgan fingerprint density at radius 2 is 2.25 bits per heavy atom. The fraction of sp³-hybridized carbons (Fsp3) is 0.167. The van der Waals surface area contributed by atoms with Gasteiger partial charge >= 0.3 is 0 Å². The zero-order valence-corrected chi connectivity index (χ0v) is 4.89. The van der Waals surface area contributed by atoms with Crippen molar-refractivity contribution < 1.29 is 0 Å². The van der Waals surface area contributed by atoms with Gasteiger partial charge in [-0.25, -0.2) is 0 Å². The van der Waals surface area contributed by atoms with E-state index in [9.17, 15) is 0 Å². The summed E-state index contributed by atoms with van der Waals surface area (Å²) in [5.74, 6) is 0. The Kier molecular flexibility index (Phi) is 3.58. The van der Waals surface area contributed by atoms with Crippen LogP contribution in [0.5, 0.6) is 0 Å². The highest BCUT2D eigenvalue weighted by Gasteiger charge is 1.72. The molecular weight excluding hydrogens is 100 g/mol. The van der Waals surface area contributed by atoms with E-state index in [1.54, 1.807) is 12.2 Å². The minimum Gasteiger partial charge on any atom is -0.405 e. The van der Waals surface area contributed by atoms with E-state index >= 15 is 0 Å². The van der Waals surface area contributed by atoms with Crippen molar-refractivity contribution in [2.24, 2.45) is 5.73 Å². The Labute approximate surface area is 49.2 Å². The summed E-state index contributed by atoms with van der Waals surface area (Å²) < 4.78 is 0. The first-order valence-electron chi connectivity index (χ1n) is 2.37. The van der Waals surface area contributed by atoms with Crippen molar-refractivity contribution in [1.29, 1.82) is 5.41 Å². The first kappa shape index (κ1) is 6.95. The highest BCUT2D eigenvalue weighted by Crippen LogP contribution is 1.88. The van der Waals surface area contributed by atoms with Crippen LogP contribution in [0.2, 0.25) is 0 Å².